The Labute approximate surface area is 145 Å². The zero-order chi connectivity index (χ0) is 18.0. The lowest BCUT2D eigenvalue weighted by molar-refractivity contribution is -0.385. The van der Waals surface area contributed by atoms with Gasteiger partial charge in [0.25, 0.3) is 5.69 Å². The van der Waals surface area contributed by atoms with Gasteiger partial charge >= 0.3 is 0 Å². The molecule has 0 saturated carbocycles. The van der Waals surface area contributed by atoms with Crippen LogP contribution in [0, 0.1) is 10.1 Å². The zero-order valence-electron chi connectivity index (χ0n) is 13.6. The zero-order valence-corrected chi connectivity index (χ0v) is 13.6. The Hall–Kier alpha value is -2.99. The van der Waals surface area contributed by atoms with Crippen LogP contribution in [0.1, 0.15) is 22.3 Å². The van der Waals surface area contributed by atoms with Gasteiger partial charge in [0.1, 0.15) is 5.78 Å². The highest BCUT2D eigenvalue weighted by atomic mass is 16.6. The van der Waals surface area contributed by atoms with Crippen LogP contribution in [-0.2, 0) is 30.7 Å². The first kappa shape index (κ1) is 16.9. The molecule has 6 nitrogen and oxygen atoms in total. The van der Waals surface area contributed by atoms with Crippen molar-refractivity contribution in [1.29, 1.82) is 0 Å². The van der Waals surface area contributed by atoms with Crippen LogP contribution in [0.15, 0.2) is 48.7 Å². The molecule has 6 heteroatoms. The summed E-state index contributed by atoms with van der Waals surface area (Å²) in [5.41, 5.74) is 4.62. The number of nitrogens with zero attached hydrogens (tertiary/aromatic N) is 1. The van der Waals surface area contributed by atoms with Gasteiger partial charge in [0, 0.05) is 42.3 Å². The number of nitro benzene ring substituents is 1. The molecule has 0 unspecified atom stereocenters. The third-order valence-electron chi connectivity index (χ3n) is 4.20. The van der Waals surface area contributed by atoms with Crippen LogP contribution in [0.4, 0.5) is 11.4 Å². The molecule has 3 rings (SSSR count). The summed E-state index contributed by atoms with van der Waals surface area (Å²) in [5, 5.41) is 23.5. The van der Waals surface area contributed by atoms with Crippen molar-refractivity contribution in [2.45, 2.75) is 25.9 Å². The molecule has 128 valence electrons. The van der Waals surface area contributed by atoms with Gasteiger partial charge in [-0.05, 0) is 22.8 Å². The normalized spacial score (nSPS) is 12.6. The molecule has 0 bridgehead atoms. The molecule has 1 heterocycles. The molecule has 0 radical (unpaired) electrons. The fraction of sp³-hybridized carbons (Fsp3) is 0.211. The minimum atomic E-state index is -0.519. The number of Topliss-reactive ketones (excluding diaryl/α,β-unsaturated/α-hetero) is 1. The maximum absolute atomic E-state index is 12.4. The second kappa shape index (κ2) is 6.86. The molecule has 0 saturated heterocycles. The minimum absolute atomic E-state index is 0.00986. The Morgan fingerprint density at radius 1 is 1.20 bits per heavy atom. The van der Waals surface area contributed by atoms with Crippen LogP contribution in [0.2, 0.25) is 0 Å². The number of allylic oxidation sites excluding steroid dienone is 1. The highest BCUT2D eigenvalue weighted by Gasteiger charge is 2.18. The molecular weight excluding hydrogens is 320 g/mol. The average Bonchev–Trinajstić information content (AvgIpc) is 2.94. The standard InChI is InChI=1S/C19H18N2O4/c1-12-6-16-7-13(3-5-18(16)20-12)8-17(23)10-15-4-2-14(11-22)9-19(15)21(24)25/h2-5,7,9,20,22H,1,6,8,10-11H2. The van der Waals surface area contributed by atoms with Crippen LogP contribution < -0.4 is 5.32 Å². The molecule has 1 aliphatic rings. The van der Waals surface area contributed by atoms with E-state index in [2.05, 4.69) is 11.9 Å². The number of aliphatic hydroxyl groups is 1. The number of nitrogens with one attached hydrogen (secondary N) is 1. The van der Waals surface area contributed by atoms with Crippen molar-refractivity contribution >= 4 is 17.2 Å². The van der Waals surface area contributed by atoms with E-state index in [0.717, 1.165) is 28.9 Å². The third kappa shape index (κ3) is 3.75. The number of rotatable bonds is 6. The number of benzene rings is 2. The summed E-state index contributed by atoms with van der Waals surface area (Å²) in [6, 6.07) is 10.2. The number of ketones is 1. The lowest BCUT2D eigenvalue weighted by atomic mass is 9.99. The van der Waals surface area contributed by atoms with Crippen molar-refractivity contribution in [3.05, 3.63) is 81.0 Å². The van der Waals surface area contributed by atoms with Crippen LogP contribution in [0.25, 0.3) is 0 Å². The van der Waals surface area contributed by atoms with Crippen LogP contribution in [-0.4, -0.2) is 15.8 Å². The van der Waals surface area contributed by atoms with Crippen LogP contribution in [0.5, 0.6) is 0 Å². The Morgan fingerprint density at radius 3 is 2.68 bits per heavy atom. The topological polar surface area (TPSA) is 92.5 Å². The summed E-state index contributed by atoms with van der Waals surface area (Å²) in [6.45, 7) is 3.62. The van der Waals surface area contributed by atoms with Gasteiger partial charge in [0.2, 0.25) is 0 Å². The number of aliphatic hydroxyl groups excluding tert-OH is 1. The van der Waals surface area contributed by atoms with E-state index >= 15 is 0 Å². The number of carbonyl (C=O) groups is 1. The first-order chi connectivity index (χ1) is 12.0. The summed E-state index contributed by atoms with van der Waals surface area (Å²) < 4.78 is 0. The fourth-order valence-electron chi connectivity index (χ4n) is 3.02. The van der Waals surface area contributed by atoms with Crippen molar-refractivity contribution in [3.8, 4) is 0 Å². The molecule has 2 aromatic carbocycles. The first-order valence-electron chi connectivity index (χ1n) is 7.91. The SMILES string of the molecule is C=C1Cc2cc(CC(=O)Cc3ccc(CO)cc3[N+](=O)[O-])ccc2N1. The molecule has 2 N–H and O–H groups in total. The highest BCUT2D eigenvalue weighted by molar-refractivity contribution is 5.84. The molecular formula is C19H18N2O4. The fourth-order valence-corrected chi connectivity index (χ4v) is 3.02. The van der Waals surface area contributed by atoms with Gasteiger partial charge in [-0.3, -0.25) is 14.9 Å². The smallest absolute Gasteiger partial charge is 0.273 e. The van der Waals surface area contributed by atoms with Crippen molar-refractivity contribution < 1.29 is 14.8 Å². The lowest BCUT2D eigenvalue weighted by Crippen LogP contribution is -2.09. The van der Waals surface area contributed by atoms with Gasteiger partial charge in [-0.25, -0.2) is 0 Å². The molecule has 1 aliphatic heterocycles. The Kier molecular flexibility index (Phi) is 4.63. The van der Waals surface area contributed by atoms with Crippen molar-refractivity contribution in [1.82, 2.24) is 0 Å². The van der Waals surface area contributed by atoms with E-state index in [4.69, 9.17) is 5.11 Å². The number of nitro groups is 1. The van der Waals surface area contributed by atoms with Gasteiger partial charge in [-0.1, -0.05) is 30.8 Å². The molecule has 0 atom stereocenters. The maximum Gasteiger partial charge on any atom is 0.273 e. The average molecular weight is 338 g/mol. The van der Waals surface area contributed by atoms with Gasteiger partial charge in [-0.2, -0.15) is 0 Å². The summed E-state index contributed by atoms with van der Waals surface area (Å²) in [6.07, 6.45) is 0.953. The number of carbonyl (C=O) groups excluding carboxylic acids is 1. The monoisotopic (exact) mass is 338 g/mol. The van der Waals surface area contributed by atoms with Crippen LogP contribution >= 0.6 is 0 Å². The van der Waals surface area contributed by atoms with Crippen molar-refractivity contribution in [3.63, 3.8) is 0 Å². The van der Waals surface area contributed by atoms with E-state index in [1.807, 2.05) is 18.2 Å². The van der Waals surface area contributed by atoms with E-state index in [-0.39, 0.29) is 30.9 Å². The van der Waals surface area contributed by atoms with E-state index in [1.54, 1.807) is 6.07 Å². The van der Waals surface area contributed by atoms with Gasteiger partial charge in [0.05, 0.1) is 11.5 Å². The number of hydrogen-bond donors (Lipinski definition) is 2. The molecule has 0 aromatic heterocycles. The minimum Gasteiger partial charge on any atom is -0.392 e. The predicted octanol–water partition coefficient (Wildman–Crippen LogP) is 2.92. The summed E-state index contributed by atoms with van der Waals surface area (Å²) in [7, 11) is 0. The van der Waals surface area contributed by atoms with Gasteiger partial charge in [-0.15, -0.1) is 0 Å². The van der Waals surface area contributed by atoms with Crippen molar-refractivity contribution in [2.75, 3.05) is 5.32 Å². The number of hydrogen-bond acceptors (Lipinski definition) is 5. The number of fused-ring (bicyclic) bond motifs is 1. The third-order valence-corrected chi connectivity index (χ3v) is 4.20. The maximum atomic E-state index is 12.4. The van der Waals surface area contributed by atoms with E-state index in [1.165, 1.54) is 12.1 Å². The summed E-state index contributed by atoms with van der Waals surface area (Å²) >= 11 is 0. The second-order valence-electron chi connectivity index (χ2n) is 6.17. The summed E-state index contributed by atoms with van der Waals surface area (Å²) in [4.78, 5) is 23.0. The van der Waals surface area contributed by atoms with E-state index in [9.17, 15) is 14.9 Å². The largest absolute Gasteiger partial charge is 0.392 e. The predicted molar refractivity (Wildman–Crippen MR) is 94.3 cm³/mol. The Balaban J connectivity index is 1.74. The van der Waals surface area contributed by atoms with E-state index in [0.29, 0.717) is 11.1 Å². The highest BCUT2D eigenvalue weighted by Crippen LogP contribution is 2.28. The quantitative estimate of drug-likeness (QED) is 0.624. The van der Waals surface area contributed by atoms with Gasteiger partial charge < -0.3 is 10.4 Å². The number of anilines is 1. The molecule has 0 fully saturated rings. The van der Waals surface area contributed by atoms with Crippen LogP contribution in [0.3, 0.4) is 0 Å². The Morgan fingerprint density at radius 2 is 1.96 bits per heavy atom. The van der Waals surface area contributed by atoms with Crippen molar-refractivity contribution in [2.24, 2.45) is 0 Å². The molecule has 0 aliphatic carbocycles. The molecule has 2 aromatic rings. The second-order valence-corrected chi connectivity index (χ2v) is 6.17. The summed E-state index contributed by atoms with van der Waals surface area (Å²) in [5.74, 6) is -0.0930. The Bertz CT molecular complexity index is 874. The van der Waals surface area contributed by atoms with E-state index < -0.39 is 4.92 Å². The lowest BCUT2D eigenvalue weighted by Gasteiger charge is -2.06. The first-order valence-corrected chi connectivity index (χ1v) is 7.91. The molecule has 0 amide bonds. The van der Waals surface area contributed by atoms with Gasteiger partial charge in [0.15, 0.2) is 0 Å². The molecule has 25 heavy (non-hydrogen) atoms. The molecule has 0 spiro atoms.